The summed E-state index contributed by atoms with van der Waals surface area (Å²) in [6.45, 7) is 4.48. The second-order valence-corrected chi connectivity index (χ2v) is 6.98. The molecular formula is C13H20N2O2S. The zero-order chi connectivity index (χ0) is 13.5. The number of hydrogen-bond acceptors (Lipinski definition) is 4. The summed E-state index contributed by atoms with van der Waals surface area (Å²) in [6.07, 6.45) is 0.697. The van der Waals surface area contributed by atoms with E-state index in [0.717, 1.165) is 16.8 Å². The van der Waals surface area contributed by atoms with Crippen LogP contribution in [-0.2, 0) is 9.84 Å². The van der Waals surface area contributed by atoms with E-state index < -0.39 is 9.84 Å². The Labute approximate surface area is 109 Å². The van der Waals surface area contributed by atoms with Crippen LogP contribution in [0.25, 0.3) is 0 Å². The van der Waals surface area contributed by atoms with Gasteiger partial charge in [0, 0.05) is 13.1 Å². The molecule has 0 saturated heterocycles. The van der Waals surface area contributed by atoms with Crippen LogP contribution in [-0.4, -0.2) is 33.8 Å². The molecule has 1 aliphatic rings. The lowest BCUT2D eigenvalue weighted by atomic mass is 10.1. The van der Waals surface area contributed by atoms with Gasteiger partial charge in [-0.1, -0.05) is 6.07 Å². The molecule has 2 rings (SSSR count). The molecule has 18 heavy (non-hydrogen) atoms. The Morgan fingerprint density at radius 1 is 1.39 bits per heavy atom. The van der Waals surface area contributed by atoms with E-state index in [1.54, 1.807) is 6.07 Å². The Morgan fingerprint density at radius 3 is 2.67 bits per heavy atom. The Balaban J connectivity index is 2.63. The third-order valence-corrected chi connectivity index (χ3v) is 5.64. The summed E-state index contributed by atoms with van der Waals surface area (Å²) in [5, 5.41) is 0. The van der Waals surface area contributed by atoms with Crippen LogP contribution in [0.15, 0.2) is 17.0 Å². The number of anilines is 1. The van der Waals surface area contributed by atoms with Crippen LogP contribution in [0.3, 0.4) is 0 Å². The first-order valence-corrected chi connectivity index (χ1v) is 7.79. The summed E-state index contributed by atoms with van der Waals surface area (Å²) in [7, 11) is -1.22. The summed E-state index contributed by atoms with van der Waals surface area (Å²) >= 11 is 0. The molecule has 1 atom stereocenters. The first kappa shape index (κ1) is 13.4. The Hall–Kier alpha value is -1.07. The van der Waals surface area contributed by atoms with Crippen LogP contribution in [0, 0.1) is 13.8 Å². The van der Waals surface area contributed by atoms with Gasteiger partial charge in [-0.25, -0.2) is 8.42 Å². The minimum Gasteiger partial charge on any atom is -0.369 e. The van der Waals surface area contributed by atoms with E-state index >= 15 is 0 Å². The molecule has 0 amide bonds. The number of sulfone groups is 1. The standard InChI is InChI=1S/C13H20N2O2S/c1-9-4-5-12-13(10(9)2)15(3)11(6-7-14)8-18(12,16)17/h4-5,11H,6-8,14H2,1-3H3. The third-order valence-electron chi connectivity index (χ3n) is 3.81. The van der Waals surface area contributed by atoms with E-state index in [1.165, 1.54) is 0 Å². The molecule has 4 nitrogen and oxygen atoms in total. The molecule has 1 aromatic rings. The van der Waals surface area contributed by atoms with Gasteiger partial charge in [0.25, 0.3) is 0 Å². The zero-order valence-corrected chi connectivity index (χ0v) is 11.9. The van der Waals surface area contributed by atoms with Gasteiger partial charge in [0.2, 0.25) is 0 Å². The van der Waals surface area contributed by atoms with Crippen LogP contribution in [0.4, 0.5) is 5.69 Å². The largest absolute Gasteiger partial charge is 0.369 e. The van der Waals surface area contributed by atoms with Crippen LogP contribution >= 0.6 is 0 Å². The van der Waals surface area contributed by atoms with Crippen molar-refractivity contribution in [3.05, 3.63) is 23.3 Å². The maximum atomic E-state index is 12.3. The molecule has 0 radical (unpaired) electrons. The monoisotopic (exact) mass is 268 g/mol. The molecule has 2 N–H and O–H groups in total. The van der Waals surface area contributed by atoms with Crippen molar-refractivity contribution in [1.29, 1.82) is 0 Å². The van der Waals surface area contributed by atoms with Gasteiger partial charge in [-0.2, -0.15) is 0 Å². The fraction of sp³-hybridized carbons (Fsp3) is 0.538. The fourth-order valence-electron chi connectivity index (χ4n) is 2.57. The van der Waals surface area contributed by atoms with Crippen LogP contribution in [0.1, 0.15) is 17.5 Å². The van der Waals surface area contributed by atoms with E-state index in [1.807, 2.05) is 27.0 Å². The van der Waals surface area contributed by atoms with Crippen molar-refractivity contribution in [3.63, 3.8) is 0 Å². The van der Waals surface area contributed by atoms with Gasteiger partial charge in [-0.3, -0.25) is 0 Å². The molecule has 1 heterocycles. The topological polar surface area (TPSA) is 63.4 Å². The Morgan fingerprint density at radius 2 is 2.06 bits per heavy atom. The van der Waals surface area contributed by atoms with Gasteiger partial charge in [-0.05, 0) is 44.0 Å². The number of hydrogen-bond donors (Lipinski definition) is 1. The van der Waals surface area contributed by atoms with E-state index in [-0.39, 0.29) is 11.8 Å². The average molecular weight is 268 g/mol. The van der Waals surface area contributed by atoms with Crippen molar-refractivity contribution < 1.29 is 8.42 Å². The average Bonchev–Trinajstić information content (AvgIpc) is 2.29. The number of nitrogens with two attached hydrogens (primary N) is 1. The fourth-order valence-corrected chi connectivity index (χ4v) is 4.52. The van der Waals surface area contributed by atoms with E-state index in [9.17, 15) is 8.42 Å². The maximum absolute atomic E-state index is 12.3. The molecule has 0 aromatic heterocycles. The molecule has 1 unspecified atom stereocenters. The second kappa shape index (κ2) is 4.55. The molecule has 1 aromatic carbocycles. The van der Waals surface area contributed by atoms with Crippen molar-refractivity contribution in [3.8, 4) is 0 Å². The van der Waals surface area contributed by atoms with E-state index in [0.29, 0.717) is 17.9 Å². The highest BCUT2D eigenvalue weighted by molar-refractivity contribution is 7.91. The van der Waals surface area contributed by atoms with Gasteiger partial charge < -0.3 is 10.6 Å². The Bertz CT molecular complexity index is 567. The molecule has 0 aliphatic carbocycles. The summed E-state index contributed by atoms with van der Waals surface area (Å²) in [6, 6.07) is 3.58. The van der Waals surface area contributed by atoms with Gasteiger partial charge in [0.15, 0.2) is 9.84 Å². The van der Waals surface area contributed by atoms with Gasteiger partial charge in [0.1, 0.15) is 0 Å². The van der Waals surface area contributed by atoms with Crippen LogP contribution < -0.4 is 10.6 Å². The van der Waals surface area contributed by atoms with E-state index in [2.05, 4.69) is 4.90 Å². The van der Waals surface area contributed by atoms with Gasteiger partial charge in [-0.15, -0.1) is 0 Å². The van der Waals surface area contributed by atoms with Crippen molar-refractivity contribution in [2.75, 3.05) is 24.2 Å². The predicted octanol–water partition coefficient (Wildman–Crippen LogP) is 1.24. The summed E-state index contributed by atoms with van der Waals surface area (Å²) in [4.78, 5) is 2.53. The number of benzene rings is 1. The minimum absolute atomic E-state index is 0.0204. The molecule has 5 heteroatoms. The second-order valence-electron chi connectivity index (χ2n) is 4.98. The number of rotatable bonds is 2. The highest BCUT2D eigenvalue weighted by Crippen LogP contribution is 2.37. The lowest BCUT2D eigenvalue weighted by Gasteiger charge is -2.37. The zero-order valence-electron chi connectivity index (χ0n) is 11.1. The quantitative estimate of drug-likeness (QED) is 0.876. The highest BCUT2D eigenvalue weighted by Gasteiger charge is 2.34. The molecule has 100 valence electrons. The van der Waals surface area contributed by atoms with E-state index in [4.69, 9.17) is 5.73 Å². The Kier molecular flexibility index (Phi) is 3.38. The normalized spacial score (nSPS) is 21.8. The number of aryl methyl sites for hydroxylation is 1. The molecule has 0 saturated carbocycles. The summed E-state index contributed by atoms with van der Waals surface area (Å²) < 4.78 is 24.6. The first-order valence-electron chi connectivity index (χ1n) is 6.14. The highest BCUT2D eigenvalue weighted by atomic mass is 32.2. The summed E-state index contributed by atoms with van der Waals surface area (Å²) in [5.74, 6) is 0.163. The first-order chi connectivity index (χ1) is 8.38. The third kappa shape index (κ3) is 2.01. The lowest BCUT2D eigenvalue weighted by molar-refractivity contribution is 0.559. The smallest absolute Gasteiger partial charge is 0.182 e. The molecule has 0 fully saturated rings. The predicted molar refractivity (Wildman–Crippen MR) is 73.8 cm³/mol. The van der Waals surface area contributed by atoms with Crippen molar-refractivity contribution in [2.24, 2.45) is 5.73 Å². The van der Waals surface area contributed by atoms with Crippen LogP contribution in [0.2, 0.25) is 0 Å². The van der Waals surface area contributed by atoms with Crippen molar-refractivity contribution in [2.45, 2.75) is 31.2 Å². The van der Waals surface area contributed by atoms with Crippen molar-refractivity contribution in [1.82, 2.24) is 0 Å². The lowest BCUT2D eigenvalue weighted by Crippen LogP contribution is -2.44. The minimum atomic E-state index is -3.18. The van der Waals surface area contributed by atoms with Gasteiger partial charge >= 0.3 is 0 Å². The van der Waals surface area contributed by atoms with Gasteiger partial charge in [0.05, 0.1) is 16.3 Å². The number of fused-ring (bicyclic) bond motifs is 1. The summed E-state index contributed by atoms with van der Waals surface area (Å²) in [5.41, 5.74) is 8.58. The number of nitrogens with zero attached hydrogens (tertiary/aromatic N) is 1. The SMILES string of the molecule is Cc1ccc2c(c1C)N(C)C(CCN)CS2(=O)=O. The molecule has 0 spiro atoms. The molecule has 0 bridgehead atoms. The van der Waals surface area contributed by atoms with Crippen LogP contribution in [0.5, 0.6) is 0 Å². The van der Waals surface area contributed by atoms with Crippen molar-refractivity contribution >= 4 is 15.5 Å². The molecular weight excluding hydrogens is 248 g/mol. The maximum Gasteiger partial charge on any atom is 0.182 e. The molecule has 1 aliphatic heterocycles.